The van der Waals surface area contributed by atoms with Crippen molar-refractivity contribution in [1.82, 2.24) is 0 Å². The van der Waals surface area contributed by atoms with Crippen molar-refractivity contribution < 1.29 is 0 Å². The van der Waals surface area contributed by atoms with E-state index in [1.165, 1.54) is 58.2 Å². The van der Waals surface area contributed by atoms with Crippen LogP contribution in [0.5, 0.6) is 0 Å². The van der Waals surface area contributed by atoms with Gasteiger partial charge in [0.2, 0.25) is 0 Å². The average Bonchev–Trinajstić information content (AvgIpc) is 3.34. The highest BCUT2D eigenvalue weighted by molar-refractivity contribution is 7.26. The SMILES string of the molecule is c1ccc(N(c2ccc3ccccc3c2)c2cc3c4cc5ccccc5cc4sc3c3ccccc23)cc1. The number of para-hydroxylation sites is 1. The van der Waals surface area contributed by atoms with Crippen LogP contribution in [0.25, 0.3) is 52.5 Å². The second kappa shape index (κ2) is 8.44. The van der Waals surface area contributed by atoms with Crippen LogP contribution in [0.4, 0.5) is 17.1 Å². The maximum atomic E-state index is 2.42. The van der Waals surface area contributed by atoms with Gasteiger partial charge in [-0.05, 0) is 64.0 Å². The molecule has 8 rings (SSSR count). The number of anilines is 3. The Hall–Kier alpha value is -4.66. The Balaban J connectivity index is 1.48. The first kappa shape index (κ1) is 21.4. The van der Waals surface area contributed by atoms with Crippen LogP contribution in [0.3, 0.4) is 0 Å². The first-order chi connectivity index (χ1) is 18.8. The Kier molecular flexibility index (Phi) is 4.76. The van der Waals surface area contributed by atoms with Crippen LogP contribution in [0.15, 0.2) is 140 Å². The second-order valence-electron chi connectivity index (χ2n) is 9.82. The molecule has 0 radical (unpaired) electrons. The molecule has 8 aromatic rings. The molecule has 7 aromatic carbocycles. The summed E-state index contributed by atoms with van der Waals surface area (Å²) in [7, 11) is 0. The van der Waals surface area contributed by atoms with Gasteiger partial charge < -0.3 is 4.90 Å². The largest absolute Gasteiger partial charge is 0.310 e. The lowest BCUT2D eigenvalue weighted by molar-refractivity contribution is 1.31. The van der Waals surface area contributed by atoms with E-state index >= 15 is 0 Å². The zero-order valence-corrected chi connectivity index (χ0v) is 21.5. The second-order valence-corrected chi connectivity index (χ2v) is 10.9. The molecule has 1 heterocycles. The summed E-state index contributed by atoms with van der Waals surface area (Å²) in [6.45, 7) is 0. The van der Waals surface area contributed by atoms with Gasteiger partial charge in [0.05, 0.1) is 5.69 Å². The summed E-state index contributed by atoms with van der Waals surface area (Å²) >= 11 is 1.90. The van der Waals surface area contributed by atoms with Crippen LogP contribution in [0.2, 0.25) is 0 Å². The fourth-order valence-corrected chi connectivity index (χ4v) is 7.02. The number of hydrogen-bond acceptors (Lipinski definition) is 2. The van der Waals surface area contributed by atoms with Crippen molar-refractivity contribution in [3.63, 3.8) is 0 Å². The quantitative estimate of drug-likeness (QED) is 0.233. The topological polar surface area (TPSA) is 3.24 Å². The Labute approximate surface area is 224 Å². The first-order valence-electron chi connectivity index (χ1n) is 12.9. The van der Waals surface area contributed by atoms with E-state index in [2.05, 4.69) is 144 Å². The van der Waals surface area contributed by atoms with Crippen molar-refractivity contribution in [3.8, 4) is 0 Å². The zero-order valence-electron chi connectivity index (χ0n) is 20.6. The molecule has 0 amide bonds. The van der Waals surface area contributed by atoms with E-state index in [1.807, 2.05) is 11.3 Å². The predicted octanol–water partition coefficient (Wildman–Crippen LogP) is 11.0. The van der Waals surface area contributed by atoms with Crippen LogP contribution < -0.4 is 4.90 Å². The zero-order chi connectivity index (χ0) is 25.1. The number of benzene rings is 7. The lowest BCUT2D eigenvalue weighted by Gasteiger charge is -2.27. The Morgan fingerprint density at radius 1 is 0.395 bits per heavy atom. The van der Waals surface area contributed by atoms with Gasteiger partial charge >= 0.3 is 0 Å². The van der Waals surface area contributed by atoms with Crippen LogP contribution in [0.1, 0.15) is 0 Å². The van der Waals surface area contributed by atoms with E-state index in [0.29, 0.717) is 0 Å². The molecule has 0 atom stereocenters. The highest BCUT2D eigenvalue weighted by atomic mass is 32.1. The third kappa shape index (κ3) is 3.31. The van der Waals surface area contributed by atoms with E-state index in [0.717, 1.165) is 11.4 Å². The molecule has 178 valence electrons. The minimum absolute atomic E-state index is 1.15. The number of fused-ring (bicyclic) bond motifs is 7. The molecule has 0 aliphatic rings. The average molecular weight is 502 g/mol. The third-order valence-electron chi connectivity index (χ3n) is 7.57. The lowest BCUT2D eigenvalue weighted by atomic mass is 10.0. The number of hydrogen-bond donors (Lipinski definition) is 0. The van der Waals surface area contributed by atoms with Crippen molar-refractivity contribution in [3.05, 3.63) is 140 Å². The molecule has 0 unspecified atom stereocenters. The van der Waals surface area contributed by atoms with Gasteiger partial charge in [0.15, 0.2) is 0 Å². The molecule has 0 saturated heterocycles. The lowest BCUT2D eigenvalue weighted by Crippen LogP contribution is -2.10. The van der Waals surface area contributed by atoms with Gasteiger partial charge in [-0.15, -0.1) is 11.3 Å². The van der Waals surface area contributed by atoms with Gasteiger partial charge in [0, 0.05) is 42.3 Å². The molecule has 38 heavy (non-hydrogen) atoms. The van der Waals surface area contributed by atoms with Crippen molar-refractivity contribution in [1.29, 1.82) is 0 Å². The van der Waals surface area contributed by atoms with Crippen molar-refractivity contribution in [2.24, 2.45) is 0 Å². The fourth-order valence-electron chi connectivity index (χ4n) is 5.77. The summed E-state index contributed by atoms with van der Waals surface area (Å²) in [5, 5.41) is 10.2. The van der Waals surface area contributed by atoms with E-state index in [-0.39, 0.29) is 0 Å². The van der Waals surface area contributed by atoms with Gasteiger partial charge in [-0.3, -0.25) is 0 Å². The number of nitrogens with zero attached hydrogens (tertiary/aromatic N) is 1. The standard InChI is InChI=1S/C36H23NS/c1-2-14-28(15-3-1)37(29-19-18-24-10-4-5-11-25(24)20-29)34-23-33-32-21-26-12-6-7-13-27(26)22-35(32)38-36(33)31-17-9-8-16-30(31)34/h1-23H. The van der Waals surface area contributed by atoms with Crippen molar-refractivity contribution in [2.75, 3.05) is 4.90 Å². The molecule has 0 spiro atoms. The molecular weight excluding hydrogens is 478 g/mol. The summed E-state index contributed by atoms with van der Waals surface area (Å²) < 4.78 is 2.68. The summed E-state index contributed by atoms with van der Waals surface area (Å²) in [4.78, 5) is 2.42. The van der Waals surface area contributed by atoms with E-state index in [4.69, 9.17) is 0 Å². The van der Waals surface area contributed by atoms with E-state index < -0.39 is 0 Å². The third-order valence-corrected chi connectivity index (χ3v) is 8.77. The molecule has 0 bridgehead atoms. The van der Waals surface area contributed by atoms with E-state index in [9.17, 15) is 0 Å². The molecule has 0 aliphatic heterocycles. The molecule has 0 saturated carbocycles. The smallest absolute Gasteiger partial charge is 0.0547 e. The minimum atomic E-state index is 1.15. The first-order valence-corrected chi connectivity index (χ1v) is 13.8. The molecule has 0 aliphatic carbocycles. The molecule has 2 heteroatoms. The maximum absolute atomic E-state index is 2.42. The number of thiophene rings is 1. The maximum Gasteiger partial charge on any atom is 0.0547 e. The molecule has 0 fully saturated rings. The minimum Gasteiger partial charge on any atom is -0.310 e. The Bertz CT molecular complexity index is 2140. The Morgan fingerprint density at radius 3 is 1.82 bits per heavy atom. The summed E-state index contributed by atoms with van der Waals surface area (Å²) in [6, 6.07) is 50.8. The van der Waals surface area contributed by atoms with Crippen LogP contribution >= 0.6 is 11.3 Å². The highest BCUT2D eigenvalue weighted by Crippen LogP contribution is 2.47. The van der Waals surface area contributed by atoms with Crippen LogP contribution in [-0.4, -0.2) is 0 Å². The summed E-state index contributed by atoms with van der Waals surface area (Å²) in [6.07, 6.45) is 0. The number of rotatable bonds is 3. The van der Waals surface area contributed by atoms with Gasteiger partial charge in [0.1, 0.15) is 0 Å². The van der Waals surface area contributed by atoms with E-state index in [1.54, 1.807) is 0 Å². The van der Waals surface area contributed by atoms with Crippen LogP contribution in [0, 0.1) is 0 Å². The summed E-state index contributed by atoms with van der Waals surface area (Å²) in [5.41, 5.74) is 3.50. The molecule has 1 nitrogen and oxygen atoms in total. The molecule has 0 N–H and O–H groups in total. The predicted molar refractivity (Wildman–Crippen MR) is 167 cm³/mol. The normalized spacial score (nSPS) is 11.7. The monoisotopic (exact) mass is 501 g/mol. The van der Waals surface area contributed by atoms with Gasteiger partial charge in [0.25, 0.3) is 0 Å². The van der Waals surface area contributed by atoms with Crippen LogP contribution in [-0.2, 0) is 0 Å². The highest BCUT2D eigenvalue weighted by Gasteiger charge is 2.19. The summed E-state index contributed by atoms with van der Waals surface area (Å²) in [5.74, 6) is 0. The van der Waals surface area contributed by atoms with Crippen molar-refractivity contribution in [2.45, 2.75) is 0 Å². The van der Waals surface area contributed by atoms with Gasteiger partial charge in [-0.1, -0.05) is 97.1 Å². The molecule has 1 aromatic heterocycles. The van der Waals surface area contributed by atoms with Gasteiger partial charge in [-0.25, -0.2) is 0 Å². The fraction of sp³-hybridized carbons (Fsp3) is 0. The van der Waals surface area contributed by atoms with Crippen molar-refractivity contribution >= 4 is 80.9 Å². The molecular formula is C36H23NS. The van der Waals surface area contributed by atoms with Gasteiger partial charge in [-0.2, -0.15) is 0 Å². The Morgan fingerprint density at radius 2 is 1.03 bits per heavy atom.